The van der Waals surface area contributed by atoms with Crippen molar-refractivity contribution in [2.75, 3.05) is 11.1 Å². The Labute approximate surface area is 226 Å². The van der Waals surface area contributed by atoms with E-state index in [-0.39, 0.29) is 44.8 Å². The lowest BCUT2D eigenvalue weighted by atomic mass is 9.77. The molecule has 5 rings (SSSR count). The largest absolute Gasteiger partial charge is 0.478 e. The van der Waals surface area contributed by atoms with Gasteiger partial charge < -0.3 is 16.2 Å². The first kappa shape index (κ1) is 27.2. The molecule has 15 heteroatoms. The van der Waals surface area contributed by atoms with E-state index in [4.69, 9.17) is 17.3 Å². The third-order valence-corrected chi connectivity index (χ3v) is 7.02. The van der Waals surface area contributed by atoms with Crippen LogP contribution in [0.2, 0.25) is 5.02 Å². The minimum absolute atomic E-state index is 0.00668. The number of aromatic carboxylic acids is 1. The molecule has 0 unspecified atom stereocenters. The number of carboxylic acids is 1. The summed E-state index contributed by atoms with van der Waals surface area (Å²) in [6.07, 6.45) is -7.31. The average molecular weight is 581 g/mol. The molecule has 1 aliphatic heterocycles. The number of halogens is 6. The van der Waals surface area contributed by atoms with Gasteiger partial charge in [-0.1, -0.05) is 23.7 Å². The molecule has 0 bridgehead atoms. The summed E-state index contributed by atoms with van der Waals surface area (Å²) in [6.45, 7) is 0.722. The molecule has 1 amide bonds. The van der Waals surface area contributed by atoms with Crippen molar-refractivity contribution in [2.24, 2.45) is 0 Å². The third-order valence-electron chi connectivity index (χ3n) is 6.79. The van der Waals surface area contributed by atoms with Crippen LogP contribution in [0, 0.1) is 0 Å². The predicted octanol–water partition coefficient (Wildman–Crippen LogP) is 5.27. The quantitative estimate of drug-likeness (QED) is 0.264. The Morgan fingerprint density at radius 1 is 1.15 bits per heavy atom. The first-order chi connectivity index (χ1) is 18.6. The van der Waals surface area contributed by atoms with E-state index in [1.807, 2.05) is 0 Å². The zero-order valence-electron chi connectivity index (χ0n) is 20.4. The maximum Gasteiger partial charge on any atom is 0.453 e. The van der Waals surface area contributed by atoms with Gasteiger partial charge in [-0.3, -0.25) is 9.48 Å². The number of nitrogens with zero attached hydrogens (tertiary/aromatic N) is 4. The Bertz CT molecular complexity index is 1710. The normalized spacial score (nSPS) is 17.2. The molecule has 2 aromatic heterocycles. The number of amides is 1. The molecule has 0 aliphatic carbocycles. The van der Waals surface area contributed by atoms with Gasteiger partial charge in [0.1, 0.15) is 22.7 Å². The Balaban J connectivity index is 1.61. The van der Waals surface area contributed by atoms with Gasteiger partial charge in [0.05, 0.1) is 16.6 Å². The molecule has 3 heterocycles. The number of aromatic nitrogens is 4. The number of nitrogens with one attached hydrogen (secondary N) is 1. The lowest BCUT2D eigenvalue weighted by molar-refractivity contribution is -0.285. The number of hydrogen-bond acceptors (Lipinski definition) is 6. The van der Waals surface area contributed by atoms with Gasteiger partial charge in [-0.2, -0.15) is 27.1 Å². The fourth-order valence-electron chi connectivity index (χ4n) is 4.62. The SMILES string of the molecule is C[C@@]1(c2cccc(C(=O)O)c2)C(=O)Nc2nc(-c3nn(CCC(F)(F)C(F)(F)F)c4cc(Cl)ccc34)nc(N)c21. The molecule has 0 saturated heterocycles. The van der Waals surface area contributed by atoms with Crippen LogP contribution in [0.5, 0.6) is 0 Å². The highest BCUT2D eigenvalue weighted by Crippen LogP contribution is 2.45. The number of nitrogens with two attached hydrogens (primary N) is 1. The van der Waals surface area contributed by atoms with Crippen molar-refractivity contribution in [1.29, 1.82) is 0 Å². The van der Waals surface area contributed by atoms with Crippen LogP contribution in [0.1, 0.15) is 34.8 Å². The highest BCUT2D eigenvalue weighted by molar-refractivity contribution is 6.31. The summed E-state index contributed by atoms with van der Waals surface area (Å²) in [7, 11) is 0. The van der Waals surface area contributed by atoms with E-state index in [0.29, 0.717) is 10.9 Å². The molecule has 9 nitrogen and oxygen atoms in total. The molecule has 0 saturated carbocycles. The van der Waals surface area contributed by atoms with Crippen molar-refractivity contribution in [3.05, 3.63) is 64.2 Å². The van der Waals surface area contributed by atoms with Crippen LogP contribution in [0.25, 0.3) is 22.4 Å². The van der Waals surface area contributed by atoms with Crippen LogP contribution in [-0.2, 0) is 16.8 Å². The first-order valence-electron chi connectivity index (χ1n) is 11.6. The summed E-state index contributed by atoms with van der Waals surface area (Å²) >= 11 is 6.04. The van der Waals surface area contributed by atoms with Gasteiger partial charge in [-0.05, 0) is 42.8 Å². The van der Waals surface area contributed by atoms with Gasteiger partial charge in [0.15, 0.2) is 5.82 Å². The van der Waals surface area contributed by atoms with Gasteiger partial charge in [-0.15, -0.1) is 0 Å². The number of hydrogen-bond donors (Lipinski definition) is 3. The summed E-state index contributed by atoms with van der Waals surface area (Å²) < 4.78 is 66.4. The van der Waals surface area contributed by atoms with Gasteiger partial charge in [0.25, 0.3) is 0 Å². The number of benzene rings is 2. The minimum atomic E-state index is -5.73. The zero-order valence-corrected chi connectivity index (χ0v) is 21.1. The molecule has 1 aliphatic rings. The van der Waals surface area contributed by atoms with E-state index in [1.54, 1.807) is 6.07 Å². The van der Waals surface area contributed by atoms with Crippen molar-refractivity contribution < 1.29 is 36.6 Å². The number of fused-ring (bicyclic) bond motifs is 2. The van der Waals surface area contributed by atoms with Crippen LogP contribution < -0.4 is 11.1 Å². The fraction of sp³-hybridized carbons (Fsp3) is 0.240. The number of aryl methyl sites for hydroxylation is 1. The summed E-state index contributed by atoms with van der Waals surface area (Å²) in [5.74, 6) is -6.98. The van der Waals surface area contributed by atoms with E-state index >= 15 is 0 Å². The second-order valence-corrected chi connectivity index (χ2v) is 9.74. The Morgan fingerprint density at radius 3 is 2.55 bits per heavy atom. The van der Waals surface area contributed by atoms with E-state index in [0.717, 1.165) is 4.68 Å². The number of carboxylic acid groups (broad SMARTS) is 1. The number of rotatable bonds is 6. The zero-order chi connectivity index (χ0) is 29.2. The van der Waals surface area contributed by atoms with Crippen molar-refractivity contribution in [1.82, 2.24) is 19.7 Å². The molecule has 4 N–H and O–H groups in total. The van der Waals surface area contributed by atoms with E-state index in [9.17, 15) is 36.6 Å². The predicted molar refractivity (Wildman–Crippen MR) is 134 cm³/mol. The molecular formula is C25H18ClF5N6O3. The Morgan fingerprint density at radius 2 is 1.88 bits per heavy atom. The Hall–Kier alpha value is -4.33. The summed E-state index contributed by atoms with van der Waals surface area (Å²) in [5.41, 5.74) is 5.44. The number of nitrogen functional groups attached to an aromatic ring is 1. The van der Waals surface area contributed by atoms with Gasteiger partial charge >= 0.3 is 18.1 Å². The molecule has 40 heavy (non-hydrogen) atoms. The Kier molecular flexibility index (Phi) is 6.21. The maximum absolute atomic E-state index is 13.6. The minimum Gasteiger partial charge on any atom is -0.478 e. The highest BCUT2D eigenvalue weighted by Gasteiger charge is 2.56. The number of carbonyl (C=O) groups excluding carboxylic acids is 1. The monoisotopic (exact) mass is 580 g/mol. The van der Waals surface area contributed by atoms with Crippen LogP contribution in [0.4, 0.5) is 33.6 Å². The van der Waals surface area contributed by atoms with Crippen LogP contribution >= 0.6 is 11.6 Å². The van der Waals surface area contributed by atoms with Gasteiger partial charge in [-0.25, -0.2) is 14.8 Å². The number of anilines is 2. The maximum atomic E-state index is 13.6. The van der Waals surface area contributed by atoms with Gasteiger partial charge in [0.2, 0.25) is 5.91 Å². The van der Waals surface area contributed by atoms with Crippen molar-refractivity contribution >= 4 is 46.0 Å². The van der Waals surface area contributed by atoms with Crippen LogP contribution in [0.15, 0.2) is 42.5 Å². The molecule has 4 aromatic rings. The number of alkyl halides is 5. The number of carbonyl (C=O) groups is 2. The van der Waals surface area contributed by atoms with Crippen molar-refractivity contribution in [3.63, 3.8) is 0 Å². The molecule has 2 aromatic carbocycles. The highest BCUT2D eigenvalue weighted by atomic mass is 35.5. The average Bonchev–Trinajstić information content (AvgIpc) is 3.36. The van der Waals surface area contributed by atoms with Crippen molar-refractivity contribution in [3.8, 4) is 11.5 Å². The molecule has 0 fully saturated rings. The lowest BCUT2D eigenvalue weighted by Gasteiger charge is -2.23. The third kappa shape index (κ3) is 4.28. The first-order valence-corrected chi connectivity index (χ1v) is 12.0. The molecule has 208 valence electrons. The summed E-state index contributed by atoms with van der Waals surface area (Å²) in [5, 5.41) is 16.7. The fourth-order valence-corrected chi connectivity index (χ4v) is 4.79. The van der Waals surface area contributed by atoms with Crippen LogP contribution in [-0.4, -0.2) is 48.8 Å². The lowest BCUT2D eigenvalue weighted by Crippen LogP contribution is -2.37. The second-order valence-electron chi connectivity index (χ2n) is 9.31. The second kappa shape index (κ2) is 9.11. The standard InChI is InChI=1S/C25H18ClF5N6O3/c1-23(12-4-2-3-11(9-12)21(38)39)16-18(32)33-20(34-19(16)35-22(23)40)17-14-6-5-13(26)10-15(14)37(36-17)8-7-24(27,28)25(29,30)31/h2-6,9-10H,7-8H2,1H3,(H,38,39)(H3,32,33,34,35,40)/t23-/m0/s1. The van der Waals surface area contributed by atoms with E-state index in [2.05, 4.69) is 20.4 Å². The van der Waals surface area contributed by atoms with E-state index < -0.39 is 42.4 Å². The smallest absolute Gasteiger partial charge is 0.453 e. The van der Waals surface area contributed by atoms with Crippen LogP contribution in [0.3, 0.4) is 0 Å². The molecule has 1 atom stereocenters. The summed E-state index contributed by atoms with van der Waals surface area (Å²) in [4.78, 5) is 33.3. The van der Waals surface area contributed by atoms with E-state index in [1.165, 1.54) is 43.3 Å². The topological polar surface area (TPSA) is 136 Å². The summed E-state index contributed by atoms with van der Waals surface area (Å²) in [6, 6.07) is 10.0. The van der Waals surface area contributed by atoms with Crippen molar-refractivity contribution in [2.45, 2.75) is 37.4 Å². The molecular weight excluding hydrogens is 563 g/mol. The molecule has 0 radical (unpaired) electrons. The molecule has 0 spiro atoms. The van der Waals surface area contributed by atoms with Gasteiger partial charge in [0, 0.05) is 23.4 Å².